The van der Waals surface area contributed by atoms with Gasteiger partial charge in [0, 0.05) is 17.0 Å². The van der Waals surface area contributed by atoms with Crippen molar-refractivity contribution in [1.82, 2.24) is 0 Å². The fourth-order valence-electron chi connectivity index (χ4n) is 2.50. The minimum atomic E-state index is -0.734. The first-order valence-corrected chi connectivity index (χ1v) is 9.26. The van der Waals surface area contributed by atoms with E-state index in [1.54, 1.807) is 13.8 Å². The van der Waals surface area contributed by atoms with Crippen molar-refractivity contribution in [2.45, 2.75) is 27.2 Å². The van der Waals surface area contributed by atoms with Crippen LogP contribution in [0.25, 0.3) is 0 Å². The van der Waals surface area contributed by atoms with Gasteiger partial charge in [0.1, 0.15) is 10.8 Å². The van der Waals surface area contributed by atoms with E-state index in [2.05, 4.69) is 5.32 Å². The lowest BCUT2D eigenvalue weighted by Gasteiger charge is -2.09. The standard InChI is InChI=1S/C18H19FN2O6S/c1-4-14-10(3)16(18(23)26-5-2)17(28-14)20-15(22)9-27-13-8-11(19)6-7-12(13)21(24)25/h6-8H,4-5,9H2,1-3H3,(H,20,22). The summed E-state index contributed by atoms with van der Waals surface area (Å²) in [4.78, 5) is 35.6. The minimum absolute atomic E-state index is 0.190. The van der Waals surface area contributed by atoms with Gasteiger partial charge in [0.05, 0.1) is 17.1 Å². The Morgan fingerprint density at radius 2 is 2.04 bits per heavy atom. The normalized spacial score (nSPS) is 10.4. The van der Waals surface area contributed by atoms with Gasteiger partial charge in [0.2, 0.25) is 5.75 Å². The summed E-state index contributed by atoms with van der Waals surface area (Å²) in [5, 5.41) is 13.9. The lowest BCUT2D eigenvalue weighted by atomic mass is 10.1. The average Bonchev–Trinajstić information content (AvgIpc) is 2.95. The topological polar surface area (TPSA) is 108 Å². The summed E-state index contributed by atoms with van der Waals surface area (Å²) in [6.45, 7) is 4.97. The molecule has 1 N–H and O–H groups in total. The van der Waals surface area contributed by atoms with Gasteiger partial charge in [-0.2, -0.15) is 0 Å². The van der Waals surface area contributed by atoms with Crippen LogP contribution in [0.2, 0.25) is 0 Å². The molecule has 0 bridgehead atoms. The highest BCUT2D eigenvalue weighted by Gasteiger charge is 2.23. The van der Waals surface area contributed by atoms with Crippen LogP contribution in [0.15, 0.2) is 18.2 Å². The Hall–Kier alpha value is -3.01. The van der Waals surface area contributed by atoms with E-state index in [0.29, 0.717) is 11.4 Å². The van der Waals surface area contributed by atoms with E-state index < -0.39 is 34.9 Å². The van der Waals surface area contributed by atoms with E-state index in [0.717, 1.165) is 28.6 Å². The van der Waals surface area contributed by atoms with Crippen molar-refractivity contribution in [2.24, 2.45) is 0 Å². The first kappa shape index (κ1) is 21.3. The van der Waals surface area contributed by atoms with Gasteiger partial charge in [-0.15, -0.1) is 11.3 Å². The molecule has 2 aromatic rings. The number of nitro benzene ring substituents is 1. The van der Waals surface area contributed by atoms with Gasteiger partial charge in [0.15, 0.2) is 6.61 Å². The zero-order chi connectivity index (χ0) is 20.8. The number of hydrogen-bond acceptors (Lipinski definition) is 7. The zero-order valence-electron chi connectivity index (χ0n) is 15.5. The van der Waals surface area contributed by atoms with Crippen molar-refractivity contribution in [3.63, 3.8) is 0 Å². The van der Waals surface area contributed by atoms with Crippen LogP contribution in [0.4, 0.5) is 15.1 Å². The van der Waals surface area contributed by atoms with Crippen LogP contribution in [0.5, 0.6) is 5.75 Å². The number of ether oxygens (including phenoxy) is 2. The van der Waals surface area contributed by atoms with Crippen LogP contribution in [-0.4, -0.2) is 30.0 Å². The number of aryl methyl sites for hydroxylation is 1. The van der Waals surface area contributed by atoms with Crippen molar-refractivity contribution in [1.29, 1.82) is 0 Å². The van der Waals surface area contributed by atoms with E-state index in [4.69, 9.17) is 9.47 Å². The van der Waals surface area contributed by atoms with E-state index in [9.17, 15) is 24.1 Å². The molecule has 1 aromatic carbocycles. The van der Waals surface area contributed by atoms with Gasteiger partial charge in [-0.25, -0.2) is 9.18 Å². The van der Waals surface area contributed by atoms with Crippen LogP contribution >= 0.6 is 11.3 Å². The monoisotopic (exact) mass is 410 g/mol. The average molecular weight is 410 g/mol. The first-order chi connectivity index (χ1) is 13.3. The molecule has 0 aliphatic rings. The molecule has 0 saturated carbocycles. The lowest BCUT2D eigenvalue weighted by Crippen LogP contribution is -2.21. The lowest BCUT2D eigenvalue weighted by molar-refractivity contribution is -0.385. The van der Waals surface area contributed by atoms with Crippen molar-refractivity contribution >= 4 is 33.9 Å². The molecular weight excluding hydrogens is 391 g/mol. The van der Waals surface area contributed by atoms with Crippen molar-refractivity contribution in [3.05, 3.63) is 50.1 Å². The van der Waals surface area contributed by atoms with E-state index in [1.807, 2.05) is 6.92 Å². The van der Waals surface area contributed by atoms with Gasteiger partial charge in [-0.05, 0) is 31.9 Å². The second-order valence-corrected chi connectivity index (χ2v) is 6.74. The van der Waals surface area contributed by atoms with E-state index in [-0.39, 0.29) is 17.9 Å². The van der Waals surface area contributed by atoms with Gasteiger partial charge in [0.25, 0.3) is 5.91 Å². The molecule has 0 saturated heterocycles. The number of benzene rings is 1. The second kappa shape index (κ2) is 9.27. The predicted octanol–water partition coefficient (Wildman–Crippen LogP) is 3.86. The first-order valence-electron chi connectivity index (χ1n) is 8.44. The summed E-state index contributed by atoms with van der Waals surface area (Å²) in [6.07, 6.45) is 0.671. The maximum absolute atomic E-state index is 13.3. The quantitative estimate of drug-likeness (QED) is 0.402. The maximum atomic E-state index is 13.3. The van der Waals surface area contributed by atoms with Crippen LogP contribution in [0.1, 0.15) is 34.6 Å². The number of thiophene rings is 1. The number of carbonyl (C=O) groups is 2. The molecule has 1 amide bonds. The van der Waals surface area contributed by atoms with Gasteiger partial charge in [-0.3, -0.25) is 14.9 Å². The van der Waals surface area contributed by atoms with Crippen LogP contribution < -0.4 is 10.1 Å². The Balaban J connectivity index is 2.17. The predicted molar refractivity (Wildman–Crippen MR) is 102 cm³/mol. The summed E-state index contributed by atoms with van der Waals surface area (Å²) in [7, 11) is 0. The Kier molecular flexibility index (Phi) is 7.05. The van der Waals surface area contributed by atoms with Crippen molar-refractivity contribution in [3.8, 4) is 5.75 Å². The zero-order valence-corrected chi connectivity index (χ0v) is 16.4. The molecule has 0 atom stereocenters. The number of esters is 1. The van der Waals surface area contributed by atoms with Crippen molar-refractivity contribution in [2.75, 3.05) is 18.5 Å². The molecule has 0 fully saturated rings. The van der Waals surface area contributed by atoms with Gasteiger partial charge >= 0.3 is 11.7 Å². The largest absolute Gasteiger partial charge is 0.477 e. The summed E-state index contributed by atoms with van der Waals surface area (Å²) >= 11 is 1.24. The number of amides is 1. The molecule has 1 heterocycles. The summed E-state index contributed by atoms with van der Waals surface area (Å²) in [5.41, 5.74) is 0.540. The van der Waals surface area contributed by atoms with Crippen LogP contribution in [0, 0.1) is 22.9 Å². The number of hydrogen-bond donors (Lipinski definition) is 1. The molecule has 10 heteroatoms. The molecule has 0 spiro atoms. The van der Waals surface area contributed by atoms with Crippen LogP contribution in [-0.2, 0) is 16.0 Å². The molecule has 28 heavy (non-hydrogen) atoms. The molecule has 8 nitrogen and oxygen atoms in total. The minimum Gasteiger partial charge on any atom is -0.477 e. The third-order valence-electron chi connectivity index (χ3n) is 3.78. The number of rotatable bonds is 8. The Bertz CT molecular complexity index is 912. The highest BCUT2D eigenvalue weighted by Crippen LogP contribution is 2.34. The Morgan fingerprint density at radius 1 is 1.32 bits per heavy atom. The number of halogens is 1. The fraction of sp³-hybridized carbons (Fsp3) is 0.333. The molecule has 1 aromatic heterocycles. The molecule has 2 rings (SSSR count). The highest BCUT2D eigenvalue weighted by atomic mass is 32.1. The number of carbonyl (C=O) groups excluding carboxylic acids is 2. The molecular formula is C18H19FN2O6S. The van der Waals surface area contributed by atoms with Crippen LogP contribution in [0.3, 0.4) is 0 Å². The van der Waals surface area contributed by atoms with Crippen molar-refractivity contribution < 1.29 is 28.4 Å². The molecule has 0 radical (unpaired) electrons. The molecule has 150 valence electrons. The molecule has 0 aliphatic carbocycles. The molecule has 0 unspecified atom stereocenters. The third kappa shape index (κ3) is 4.83. The Labute approximate surface area is 164 Å². The smallest absolute Gasteiger partial charge is 0.341 e. The fourth-order valence-corrected chi connectivity index (χ4v) is 3.64. The number of nitro groups is 1. The number of nitrogens with one attached hydrogen (secondary N) is 1. The number of nitrogens with zero attached hydrogens (tertiary/aromatic N) is 1. The third-order valence-corrected chi connectivity index (χ3v) is 5.13. The maximum Gasteiger partial charge on any atom is 0.341 e. The van der Waals surface area contributed by atoms with E-state index >= 15 is 0 Å². The summed E-state index contributed by atoms with van der Waals surface area (Å²) in [5.74, 6) is -2.28. The van der Waals surface area contributed by atoms with Gasteiger partial charge in [-0.1, -0.05) is 6.92 Å². The van der Waals surface area contributed by atoms with E-state index in [1.165, 1.54) is 11.3 Å². The molecule has 0 aliphatic heterocycles. The Morgan fingerprint density at radius 3 is 2.64 bits per heavy atom. The van der Waals surface area contributed by atoms with Gasteiger partial charge < -0.3 is 14.8 Å². The second-order valence-electron chi connectivity index (χ2n) is 5.63. The SMILES string of the molecule is CCOC(=O)c1c(NC(=O)COc2cc(F)ccc2[N+](=O)[O-])sc(CC)c1C. The summed E-state index contributed by atoms with van der Waals surface area (Å²) in [6, 6.07) is 2.72. The number of anilines is 1. The summed E-state index contributed by atoms with van der Waals surface area (Å²) < 4.78 is 23.5. The highest BCUT2D eigenvalue weighted by molar-refractivity contribution is 7.17.